The molecule has 2 fully saturated rings. The molecule has 15 heteroatoms. The average Bonchev–Trinajstić information content (AvgIpc) is 2.66. The van der Waals surface area contributed by atoms with Gasteiger partial charge in [0.1, 0.15) is 24.4 Å². The largest absolute Gasteiger partial charge is 0.397 e. The van der Waals surface area contributed by atoms with Crippen LogP contribution in [-0.2, 0) is 24.1 Å². The molecule has 0 spiro atoms. The van der Waals surface area contributed by atoms with Crippen LogP contribution in [0.15, 0.2) is 0 Å². The van der Waals surface area contributed by atoms with E-state index in [4.69, 9.17) is 42.3 Å². The van der Waals surface area contributed by atoms with Crippen LogP contribution >= 0.6 is 0 Å². The highest BCUT2D eigenvalue weighted by molar-refractivity contribution is 7.80. The summed E-state index contributed by atoms with van der Waals surface area (Å²) < 4.78 is 48.2. The molecular weight excluding hydrogens is 424 g/mol. The minimum Gasteiger partial charge on any atom is -0.388 e. The molecule has 0 radical (unpaired) electrons. The van der Waals surface area contributed by atoms with E-state index in [0.717, 1.165) is 0 Å². The molecule has 2 rings (SSSR count). The molecule has 1 saturated carbocycles. The van der Waals surface area contributed by atoms with Crippen molar-refractivity contribution in [1.82, 2.24) is 5.32 Å². The van der Waals surface area contributed by atoms with E-state index >= 15 is 0 Å². The molecule has 0 amide bonds. The number of ether oxygens (including phenoxy) is 2. The molecule has 1 heterocycles. The Kier molecular flexibility index (Phi) is 9.32. The van der Waals surface area contributed by atoms with E-state index in [1.165, 1.54) is 0 Å². The van der Waals surface area contributed by atoms with E-state index in [1.807, 2.05) is 0 Å². The van der Waals surface area contributed by atoms with Crippen molar-refractivity contribution in [3.8, 4) is 0 Å². The van der Waals surface area contributed by atoms with E-state index < -0.39 is 71.4 Å². The second-order valence-corrected chi connectivity index (χ2v) is 8.66. The van der Waals surface area contributed by atoms with Crippen LogP contribution in [0.3, 0.4) is 0 Å². The van der Waals surface area contributed by atoms with Crippen LogP contribution in [0.25, 0.3) is 0 Å². The lowest BCUT2D eigenvalue weighted by molar-refractivity contribution is -0.278. The number of nitrogens with one attached hydrogen (secondary N) is 1. The second kappa shape index (κ2) is 10.9. The van der Waals surface area contributed by atoms with Crippen molar-refractivity contribution < 1.29 is 36.8 Å². The fourth-order valence-electron chi connectivity index (χ4n) is 3.79. The number of hydrogen-bond donors (Lipinski definition) is 9. The third kappa shape index (κ3) is 6.26. The molecule has 178 valence electrons. The maximum atomic E-state index is 11.4. The lowest BCUT2D eigenvalue weighted by atomic mass is 9.82. The summed E-state index contributed by atoms with van der Waals surface area (Å²) in [6.07, 6.45) is -6.28. The zero-order valence-electron chi connectivity index (χ0n) is 16.5. The summed E-state index contributed by atoms with van der Waals surface area (Å²) in [5, 5.41) is 23.3. The fraction of sp³-hybridized carbons (Fsp3) is 1.00. The van der Waals surface area contributed by atoms with Crippen LogP contribution in [0.2, 0.25) is 0 Å². The van der Waals surface area contributed by atoms with E-state index in [2.05, 4.69) is 5.32 Å². The summed E-state index contributed by atoms with van der Waals surface area (Å²) in [6, 6.07) is -3.53. The van der Waals surface area contributed by atoms with Gasteiger partial charge in [-0.1, -0.05) is 0 Å². The summed E-state index contributed by atoms with van der Waals surface area (Å²) >= 11 is 0. The quantitative estimate of drug-likeness (QED) is 0.115. The topological polar surface area (TPSA) is 265 Å². The van der Waals surface area contributed by atoms with Gasteiger partial charge in [0, 0.05) is 18.6 Å². The predicted octanol–water partition coefficient (Wildman–Crippen LogP) is -5.34. The van der Waals surface area contributed by atoms with Gasteiger partial charge in [-0.2, -0.15) is 8.42 Å². The van der Waals surface area contributed by atoms with Crippen molar-refractivity contribution in [3.05, 3.63) is 0 Å². The molecular formula is C15H34N6O8S. The van der Waals surface area contributed by atoms with E-state index in [0.29, 0.717) is 19.5 Å². The van der Waals surface area contributed by atoms with Crippen molar-refractivity contribution in [3.63, 3.8) is 0 Å². The van der Waals surface area contributed by atoms with Crippen LogP contribution < -0.4 is 34.0 Å². The number of rotatable bonds is 9. The van der Waals surface area contributed by atoms with E-state index in [-0.39, 0.29) is 13.0 Å². The standard InChI is InChI=1S/C15H34N6O8S/c16-2-1-3-21-10-13(6(18)4-7(19)14(10)29-30(24,25)26)28-15-9(20)12(23)11(22)8(5-17)27-15/h6-15,21-23H,1-5,16-20H2,(H,24,25,26)/t6-,7+,8+,9+,10+,11+,12+,13+,14-,15+/m0/s1. The highest BCUT2D eigenvalue weighted by atomic mass is 32.3. The smallest absolute Gasteiger partial charge is 0.388 e. The average molecular weight is 459 g/mol. The molecule has 0 aromatic carbocycles. The van der Waals surface area contributed by atoms with Gasteiger partial charge >= 0.3 is 10.4 Å². The molecule has 10 atom stereocenters. The molecule has 30 heavy (non-hydrogen) atoms. The van der Waals surface area contributed by atoms with Crippen molar-refractivity contribution in [2.24, 2.45) is 28.7 Å². The van der Waals surface area contributed by atoms with Crippen molar-refractivity contribution in [2.45, 2.75) is 73.8 Å². The van der Waals surface area contributed by atoms with Gasteiger partial charge in [0.15, 0.2) is 6.29 Å². The fourth-order valence-corrected chi connectivity index (χ4v) is 4.33. The van der Waals surface area contributed by atoms with Crippen molar-refractivity contribution in [1.29, 1.82) is 0 Å². The van der Waals surface area contributed by atoms with Crippen LogP contribution in [-0.4, -0.2) is 104 Å². The summed E-state index contributed by atoms with van der Waals surface area (Å²) in [5.41, 5.74) is 29.3. The van der Waals surface area contributed by atoms with Gasteiger partial charge in [0.05, 0.1) is 18.2 Å². The highest BCUT2D eigenvalue weighted by Crippen LogP contribution is 2.29. The van der Waals surface area contributed by atoms with Gasteiger partial charge in [-0.05, 0) is 25.9 Å². The first-order valence-electron chi connectivity index (χ1n) is 9.73. The predicted molar refractivity (Wildman–Crippen MR) is 105 cm³/mol. The first-order chi connectivity index (χ1) is 14.0. The maximum Gasteiger partial charge on any atom is 0.397 e. The molecule has 2 aliphatic rings. The van der Waals surface area contributed by atoms with Gasteiger partial charge in [0.2, 0.25) is 0 Å². The van der Waals surface area contributed by atoms with Gasteiger partial charge < -0.3 is 53.7 Å². The Labute approximate surface area is 175 Å². The van der Waals surface area contributed by atoms with Gasteiger partial charge in [-0.25, -0.2) is 4.18 Å². The summed E-state index contributed by atoms with van der Waals surface area (Å²) in [7, 11) is -4.82. The van der Waals surface area contributed by atoms with Gasteiger partial charge in [-0.15, -0.1) is 0 Å². The third-order valence-corrected chi connectivity index (χ3v) is 5.83. The lowest BCUT2D eigenvalue weighted by Gasteiger charge is -2.47. The SMILES string of the molecule is NCCCN[C@H]1[C@@H](OS(=O)(=O)O)[C@H](N)C[C@H](N)[C@H]1O[C@H]1O[C@H](CN)[C@@H](O)[C@H](O)[C@H]1N. The van der Waals surface area contributed by atoms with Crippen molar-refractivity contribution >= 4 is 10.4 Å². The first kappa shape index (κ1) is 25.7. The molecule has 0 unspecified atom stereocenters. The number of aliphatic hydroxyl groups excluding tert-OH is 2. The third-order valence-electron chi connectivity index (χ3n) is 5.36. The number of hydrogen-bond acceptors (Lipinski definition) is 13. The molecule has 14 nitrogen and oxygen atoms in total. The zero-order chi connectivity index (χ0) is 22.6. The zero-order valence-corrected chi connectivity index (χ0v) is 17.3. The van der Waals surface area contributed by atoms with Gasteiger partial charge in [0.25, 0.3) is 0 Å². The van der Waals surface area contributed by atoms with Crippen molar-refractivity contribution in [2.75, 3.05) is 19.6 Å². The van der Waals surface area contributed by atoms with Crippen LogP contribution in [0.4, 0.5) is 0 Å². The minimum absolute atomic E-state index is 0.0981. The maximum absolute atomic E-state index is 11.4. The van der Waals surface area contributed by atoms with Crippen LogP contribution in [0.5, 0.6) is 0 Å². The van der Waals surface area contributed by atoms with Crippen LogP contribution in [0, 0.1) is 0 Å². The molecule has 1 aliphatic heterocycles. The molecule has 0 aromatic rings. The number of nitrogens with two attached hydrogens (primary N) is 5. The lowest BCUT2D eigenvalue weighted by Crippen LogP contribution is -2.70. The Morgan fingerprint density at radius 3 is 2.27 bits per heavy atom. The number of aliphatic hydroxyl groups is 2. The molecule has 0 bridgehead atoms. The molecule has 14 N–H and O–H groups in total. The monoisotopic (exact) mass is 458 g/mol. The van der Waals surface area contributed by atoms with E-state index in [1.54, 1.807) is 0 Å². The Balaban J connectivity index is 2.26. The molecule has 0 aromatic heterocycles. The summed E-state index contributed by atoms with van der Waals surface area (Å²) in [4.78, 5) is 0. The first-order valence-corrected chi connectivity index (χ1v) is 11.1. The van der Waals surface area contributed by atoms with Gasteiger partial charge in [-0.3, -0.25) is 4.55 Å². The summed E-state index contributed by atoms with van der Waals surface area (Å²) in [5.74, 6) is 0. The Bertz CT molecular complexity index is 643. The summed E-state index contributed by atoms with van der Waals surface area (Å²) in [6.45, 7) is 0.626. The Hall–Kier alpha value is -0.530. The normalized spacial score (nSPS) is 42.9. The Morgan fingerprint density at radius 2 is 1.70 bits per heavy atom. The minimum atomic E-state index is -4.82. The Morgan fingerprint density at radius 1 is 1.07 bits per heavy atom. The second-order valence-electron chi connectivity index (χ2n) is 7.61. The molecule has 1 saturated heterocycles. The van der Waals surface area contributed by atoms with Crippen LogP contribution in [0.1, 0.15) is 12.8 Å². The van der Waals surface area contributed by atoms with E-state index in [9.17, 15) is 23.2 Å². The molecule has 1 aliphatic carbocycles. The highest BCUT2D eigenvalue weighted by Gasteiger charge is 2.49.